The summed E-state index contributed by atoms with van der Waals surface area (Å²) in [6.45, 7) is 9.04. The first-order valence-corrected chi connectivity index (χ1v) is 26.4. The summed E-state index contributed by atoms with van der Waals surface area (Å²) in [6.07, 6.45) is 49.4. The van der Waals surface area contributed by atoms with Crippen LogP contribution < -0.4 is 0 Å². The molecule has 0 N–H and O–H groups in total. The fourth-order valence-electron chi connectivity index (χ4n) is 8.01. The first-order valence-electron chi connectivity index (χ1n) is 26.4. The Labute approximate surface area is 368 Å². The summed E-state index contributed by atoms with van der Waals surface area (Å²) < 4.78 is 16.8. The Balaban J connectivity index is 4.25. The van der Waals surface area contributed by atoms with Gasteiger partial charge < -0.3 is 14.2 Å². The molecule has 2 atom stereocenters. The van der Waals surface area contributed by atoms with Crippen LogP contribution in [0.4, 0.5) is 0 Å². The summed E-state index contributed by atoms with van der Waals surface area (Å²) in [4.78, 5) is 37.9. The first kappa shape index (κ1) is 57.4. The van der Waals surface area contributed by atoms with Crippen molar-refractivity contribution in [3.63, 3.8) is 0 Å². The van der Waals surface area contributed by atoms with Gasteiger partial charge in [0, 0.05) is 19.3 Å². The third-order valence-electron chi connectivity index (χ3n) is 12.4. The van der Waals surface area contributed by atoms with Crippen LogP contribution in [0, 0.1) is 5.92 Å². The predicted molar refractivity (Wildman–Crippen MR) is 252 cm³/mol. The monoisotopic (exact) mass is 835 g/mol. The number of rotatable bonds is 48. The smallest absolute Gasteiger partial charge is 0.306 e. The quantitative estimate of drug-likeness (QED) is 0.0345. The van der Waals surface area contributed by atoms with E-state index in [1.165, 1.54) is 193 Å². The van der Waals surface area contributed by atoms with Crippen molar-refractivity contribution in [2.45, 2.75) is 303 Å². The van der Waals surface area contributed by atoms with Crippen molar-refractivity contribution in [3.8, 4) is 0 Å². The molecule has 0 aromatic carbocycles. The molecule has 0 bridgehead atoms. The normalized spacial score (nSPS) is 12.4. The Kier molecular flexibility index (Phi) is 46.2. The topological polar surface area (TPSA) is 78.9 Å². The van der Waals surface area contributed by atoms with Crippen molar-refractivity contribution >= 4 is 17.9 Å². The van der Waals surface area contributed by atoms with Crippen LogP contribution in [0.25, 0.3) is 0 Å². The van der Waals surface area contributed by atoms with Crippen LogP contribution in [-0.2, 0) is 28.6 Å². The fourth-order valence-corrected chi connectivity index (χ4v) is 8.01. The lowest BCUT2D eigenvalue weighted by Crippen LogP contribution is -2.30. The standard InChI is InChI=1S/C53H102O6/c1-5-8-10-12-14-16-17-18-19-20-21-22-23-24-30-34-38-42-46-53(56)59-50(47-57-51(54)44-40-36-32-27-15-13-11-9-6-2)48-58-52(55)45-41-37-33-29-26-25-28-31-35-39-43-49(4)7-3/h49-50H,5-48H2,1-4H3/t49?,50-/m0/s1. The second kappa shape index (κ2) is 47.5. The molecule has 0 aliphatic carbocycles. The summed E-state index contributed by atoms with van der Waals surface area (Å²) in [7, 11) is 0. The molecule has 0 saturated carbocycles. The second-order valence-corrected chi connectivity index (χ2v) is 18.4. The van der Waals surface area contributed by atoms with Gasteiger partial charge >= 0.3 is 17.9 Å². The highest BCUT2D eigenvalue weighted by Gasteiger charge is 2.19. The second-order valence-electron chi connectivity index (χ2n) is 18.4. The summed E-state index contributed by atoms with van der Waals surface area (Å²) in [5.74, 6) is 0.0233. The number of carbonyl (C=O) groups is 3. The van der Waals surface area contributed by atoms with E-state index < -0.39 is 6.10 Å². The Morgan fingerprint density at radius 1 is 0.339 bits per heavy atom. The van der Waals surface area contributed by atoms with Crippen LogP contribution in [0.2, 0.25) is 0 Å². The van der Waals surface area contributed by atoms with Crippen molar-refractivity contribution in [3.05, 3.63) is 0 Å². The molecule has 0 heterocycles. The van der Waals surface area contributed by atoms with Crippen LogP contribution in [0.1, 0.15) is 297 Å². The van der Waals surface area contributed by atoms with E-state index in [4.69, 9.17) is 14.2 Å². The molecule has 6 heteroatoms. The third kappa shape index (κ3) is 45.8. The first-order chi connectivity index (χ1) is 28.9. The highest BCUT2D eigenvalue weighted by Crippen LogP contribution is 2.18. The molecular weight excluding hydrogens is 733 g/mol. The molecule has 350 valence electrons. The van der Waals surface area contributed by atoms with Crippen molar-refractivity contribution in [2.24, 2.45) is 5.92 Å². The Morgan fingerprint density at radius 2 is 0.593 bits per heavy atom. The number of hydrogen-bond acceptors (Lipinski definition) is 6. The van der Waals surface area contributed by atoms with Crippen LogP contribution in [-0.4, -0.2) is 37.2 Å². The molecule has 0 fully saturated rings. The Bertz CT molecular complexity index is 889. The van der Waals surface area contributed by atoms with Gasteiger partial charge in [0.05, 0.1) is 0 Å². The molecular formula is C53H102O6. The van der Waals surface area contributed by atoms with Crippen LogP contribution in [0.3, 0.4) is 0 Å². The minimum Gasteiger partial charge on any atom is -0.462 e. The number of hydrogen-bond donors (Lipinski definition) is 0. The maximum absolute atomic E-state index is 12.8. The minimum absolute atomic E-state index is 0.0631. The van der Waals surface area contributed by atoms with Crippen LogP contribution in [0.15, 0.2) is 0 Å². The average Bonchev–Trinajstić information content (AvgIpc) is 3.23. The average molecular weight is 835 g/mol. The van der Waals surface area contributed by atoms with Gasteiger partial charge in [-0.2, -0.15) is 0 Å². The van der Waals surface area contributed by atoms with Crippen LogP contribution >= 0.6 is 0 Å². The number of unbranched alkanes of at least 4 members (excludes halogenated alkanes) is 34. The molecule has 59 heavy (non-hydrogen) atoms. The molecule has 0 rings (SSSR count). The van der Waals surface area contributed by atoms with Crippen molar-refractivity contribution in [2.75, 3.05) is 13.2 Å². The molecule has 0 aromatic heterocycles. The van der Waals surface area contributed by atoms with E-state index in [-0.39, 0.29) is 31.1 Å². The zero-order chi connectivity index (χ0) is 43.1. The summed E-state index contributed by atoms with van der Waals surface area (Å²) in [5.41, 5.74) is 0. The lowest BCUT2D eigenvalue weighted by atomic mass is 9.99. The minimum atomic E-state index is -0.760. The van der Waals surface area contributed by atoms with Gasteiger partial charge in [0.2, 0.25) is 0 Å². The zero-order valence-corrected chi connectivity index (χ0v) is 40.2. The van der Waals surface area contributed by atoms with E-state index in [0.29, 0.717) is 19.3 Å². The van der Waals surface area contributed by atoms with E-state index in [2.05, 4.69) is 27.7 Å². The summed E-state index contributed by atoms with van der Waals surface area (Å²) in [6, 6.07) is 0. The van der Waals surface area contributed by atoms with Gasteiger partial charge in [0.1, 0.15) is 13.2 Å². The maximum atomic E-state index is 12.8. The number of esters is 3. The van der Waals surface area contributed by atoms with Crippen molar-refractivity contribution < 1.29 is 28.6 Å². The highest BCUT2D eigenvalue weighted by atomic mass is 16.6. The molecule has 0 aliphatic heterocycles. The van der Waals surface area contributed by atoms with Crippen molar-refractivity contribution in [1.82, 2.24) is 0 Å². The highest BCUT2D eigenvalue weighted by molar-refractivity contribution is 5.71. The van der Waals surface area contributed by atoms with E-state index in [9.17, 15) is 14.4 Å². The van der Waals surface area contributed by atoms with E-state index in [0.717, 1.165) is 63.7 Å². The number of ether oxygens (including phenoxy) is 3. The van der Waals surface area contributed by atoms with Gasteiger partial charge in [0.25, 0.3) is 0 Å². The Hall–Kier alpha value is -1.59. The number of carbonyl (C=O) groups excluding carboxylic acids is 3. The third-order valence-corrected chi connectivity index (χ3v) is 12.4. The van der Waals surface area contributed by atoms with Gasteiger partial charge in [0.15, 0.2) is 6.10 Å². The largest absolute Gasteiger partial charge is 0.462 e. The van der Waals surface area contributed by atoms with Gasteiger partial charge in [-0.3, -0.25) is 14.4 Å². The Morgan fingerprint density at radius 3 is 0.881 bits per heavy atom. The molecule has 6 nitrogen and oxygen atoms in total. The van der Waals surface area contributed by atoms with E-state index in [1.807, 2.05) is 0 Å². The lowest BCUT2D eigenvalue weighted by molar-refractivity contribution is -0.167. The molecule has 0 aliphatic rings. The zero-order valence-electron chi connectivity index (χ0n) is 40.2. The molecule has 0 saturated heterocycles. The lowest BCUT2D eigenvalue weighted by Gasteiger charge is -2.18. The van der Waals surface area contributed by atoms with Gasteiger partial charge in [-0.25, -0.2) is 0 Å². The predicted octanol–water partition coefficient (Wildman–Crippen LogP) is 17.1. The van der Waals surface area contributed by atoms with Crippen molar-refractivity contribution in [1.29, 1.82) is 0 Å². The summed E-state index contributed by atoms with van der Waals surface area (Å²) in [5, 5.41) is 0. The van der Waals surface area contributed by atoms with Gasteiger partial charge in [-0.15, -0.1) is 0 Å². The van der Waals surface area contributed by atoms with Crippen LogP contribution in [0.5, 0.6) is 0 Å². The molecule has 0 amide bonds. The van der Waals surface area contributed by atoms with E-state index in [1.54, 1.807) is 0 Å². The molecule has 1 unspecified atom stereocenters. The molecule has 0 aromatic rings. The SMILES string of the molecule is CCCCCCCCCCCCCCCCCCCCC(=O)O[C@@H](COC(=O)CCCCCCCCCCC)COC(=O)CCCCCCCCCCCCC(C)CC. The molecule has 0 spiro atoms. The summed E-state index contributed by atoms with van der Waals surface area (Å²) >= 11 is 0. The fraction of sp³-hybridized carbons (Fsp3) is 0.943. The maximum Gasteiger partial charge on any atom is 0.306 e. The molecule has 0 radical (unpaired) electrons. The van der Waals surface area contributed by atoms with Gasteiger partial charge in [-0.1, -0.05) is 259 Å². The van der Waals surface area contributed by atoms with E-state index >= 15 is 0 Å². The van der Waals surface area contributed by atoms with Gasteiger partial charge in [-0.05, 0) is 25.2 Å².